The van der Waals surface area contributed by atoms with Gasteiger partial charge in [0.15, 0.2) is 5.13 Å². The van der Waals surface area contributed by atoms with Crippen molar-refractivity contribution in [1.29, 1.82) is 0 Å². The van der Waals surface area contributed by atoms with Crippen molar-refractivity contribution in [2.75, 3.05) is 44.3 Å². The first-order valence-electron chi connectivity index (χ1n) is 6.80. The van der Waals surface area contributed by atoms with Gasteiger partial charge in [-0.1, -0.05) is 0 Å². The van der Waals surface area contributed by atoms with Crippen LogP contribution in [0.1, 0.15) is 12.1 Å². The smallest absolute Gasteiger partial charge is 0.305 e. The number of morpholine rings is 1. The lowest BCUT2D eigenvalue weighted by Crippen LogP contribution is -2.46. The van der Waals surface area contributed by atoms with E-state index in [2.05, 4.69) is 4.98 Å². The van der Waals surface area contributed by atoms with Gasteiger partial charge in [-0.15, -0.1) is 11.3 Å². The minimum absolute atomic E-state index is 0.0171. The standard InChI is InChI=1S/C13H19N3O4S/c1-10-9-21-13(14-10)16(3-2-12(18)19)8-11(17)15-4-6-20-7-5-15/h9H,2-8H2,1H3,(H,18,19). The lowest BCUT2D eigenvalue weighted by molar-refractivity contribution is -0.137. The molecule has 8 heteroatoms. The molecule has 0 bridgehead atoms. The van der Waals surface area contributed by atoms with Gasteiger partial charge < -0.3 is 19.6 Å². The molecule has 0 radical (unpaired) electrons. The molecule has 2 rings (SSSR count). The normalized spacial score (nSPS) is 15.0. The third kappa shape index (κ3) is 4.68. The predicted molar refractivity (Wildman–Crippen MR) is 78.7 cm³/mol. The second-order valence-electron chi connectivity index (χ2n) is 4.83. The fourth-order valence-electron chi connectivity index (χ4n) is 2.04. The van der Waals surface area contributed by atoms with Crippen LogP contribution in [0.15, 0.2) is 5.38 Å². The quantitative estimate of drug-likeness (QED) is 0.828. The molecule has 0 aromatic carbocycles. The molecule has 1 N–H and O–H groups in total. The SMILES string of the molecule is Cc1csc(N(CCC(=O)O)CC(=O)N2CCOCC2)n1. The van der Waals surface area contributed by atoms with E-state index in [-0.39, 0.29) is 25.4 Å². The summed E-state index contributed by atoms with van der Waals surface area (Å²) in [5, 5.41) is 11.4. The van der Waals surface area contributed by atoms with E-state index in [0.29, 0.717) is 31.4 Å². The average Bonchev–Trinajstić information content (AvgIpc) is 2.90. The van der Waals surface area contributed by atoms with Gasteiger partial charge in [-0.25, -0.2) is 4.98 Å². The first-order valence-corrected chi connectivity index (χ1v) is 7.68. The summed E-state index contributed by atoms with van der Waals surface area (Å²) in [5.41, 5.74) is 0.870. The highest BCUT2D eigenvalue weighted by Crippen LogP contribution is 2.20. The molecule has 116 valence electrons. The fraction of sp³-hybridized carbons (Fsp3) is 0.615. The van der Waals surface area contributed by atoms with Crippen molar-refractivity contribution < 1.29 is 19.4 Å². The van der Waals surface area contributed by atoms with E-state index < -0.39 is 5.97 Å². The molecule has 1 aromatic heterocycles. The molecule has 1 saturated heterocycles. The van der Waals surface area contributed by atoms with Gasteiger partial charge in [0.2, 0.25) is 5.91 Å². The van der Waals surface area contributed by atoms with E-state index in [1.807, 2.05) is 12.3 Å². The fourth-order valence-corrected chi connectivity index (χ4v) is 2.87. The molecule has 0 atom stereocenters. The van der Waals surface area contributed by atoms with Crippen molar-refractivity contribution in [1.82, 2.24) is 9.88 Å². The van der Waals surface area contributed by atoms with Crippen LogP contribution in [0.4, 0.5) is 5.13 Å². The maximum absolute atomic E-state index is 12.3. The number of nitrogens with zero attached hydrogens (tertiary/aromatic N) is 3. The number of ether oxygens (including phenoxy) is 1. The highest BCUT2D eigenvalue weighted by molar-refractivity contribution is 7.13. The molecule has 0 saturated carbocycles. The van der Waals surface area contributed by atoms with Crippen molar-refractivity contribution in [3.8, 4) is 0 Å². The van der Waals surface area contributed by atoms with Crippen molar-refractivity contribution in [3.05, 3.63) is 11.1 Å². The summed E-state index contributed by atoms with van der Waals surface area (Å²) in [4.78, 5) is 30.9. The summed E-state index contributed by atoms with van der Waals surface area (Å²) in [6.07, 6.45) is -0.0188. The maximum atomic E-state index is 12.3. The Morgan fingerprint density at radius 3 is 2.76 bits per heavy atom. The van der Waals surface area contributed by atoms with Crippen LogP contribution >= 0.6 is 11.3 Å². The van der Waals surface area contributed by atoms with E-state index in [1.54, 1.807) is 9.80 Å². The zero-order valence-electron chi connectivity index (χ0n) is 11.9. The van der Waals surface area contributed by atoms with E-state index in [4.69, 9.17) is 9.84 Å². The summed E-state index contributed by atoms with van der Waals surface area (Å²) in [5.74, 6) is -0.899. The van der Waals surface area contributed by atoms with Crippen LogP contribution < -0.4 is 4.90 Å². The van der Waals surface area contributed by atoms with Crippen molar-refractivity contribution >= 4 is 28.3 Å². The Labute approximate surface area is 127 Å². The van der Waals surface area contributed by atoms with Gasteiger partial charge in [0.25, 0.3) is 0 Å². The summed E-state index contributed by atoms with van der Waals surface area (Å²) < 4.78 is 5.23. The van der Waals surface area contributed by atoms with Crippen LogP contribution in [0.5, 0.6) is 0 Å². The topological polar surface area (TPSA) is 83.0 Å². The summed E-state index contributed by atoms with van der Waals surface area (Å²) in [7, 11) is 0. The first-order chi connectivity index (χ1) is 10.1. The third-order valence-electron chi connectivity index (χ3n) is 3.16. The molecular weight excluding hydrogens is 294 g/mol. The number of aromatic nitrogens is 1. The molecule has 2 heterocycles. The minimum atomic E-state index is -0.882. The number of hydrogen-bond donors (Lipinski definition) is 1. The van der Waals surface area contributed by atoms with Crippen LogP contribution in [0.2, 0.25) is 0 Å². The number of carbonyl (C=O) groups is 2. The monoisotopic (exact) mass is 313 g/mol. The van der Waals surface area contributed by atoms with E-state index in [1.165, 1.54) is 11.3 Å². The molecule has 0 spiro atoms. The van der Waals surface area contributed by atoms with Gasteiger partial charge in [-0.3, -0.25) is 9.59 Å². The Kier molecular flexibility index (Phi) is 5.51. The molecule has 0 aliphatic carbocycles. The second-order valence-corrected chi connectivity index (χ2v) is 5.67. The molecule has 1 aromatic rings. The minimum Gasteiger partial charge on any atom is -0.481 e. The van der Waals surface area contributed by atoms with E-state index >= 15 is 0 Å². The number of carboxylic acids is 1. The van der Waals surface area contributed by atoms with Gasteiger partial charge >= 0.3 is 5.97 Å². The summed E-state index contributed by atoms with van der Waals surface area (Å²) in [6, 6.07) is 0. The van der Waals surface area contributed by atoms with Gasteiger partial charge in [0.1, 0.15) is 0 Å². The maximum Gasteiger partial charge on any atom is 0.305 e. The molecule has 1 aliphatic heterocycles. The second kappa shape index (κ2) is 7.37. The van der Waals surface area contributed by atoms with Crippen LogP contribution in [0.25, 0.3) is 0 Å². The van der Waals surface area contributed by atoms with Gasteiger partial charge in [-0.05, 0) is 6.92 Å². The lowest BCUT2D eigenvalue weighted by Gasteiger charge is -2.29. The number of anilines is 1. The Hall–Kier alpha value is -1.67. The Morgan fingerprint density at radius 2 is 2.19 bits per heavy atom. The highest BCUT2D eigenvalue weighted by atomic mass is 32.1. The van der Waals surface area contributed by atoms with Crippen LogP contribution in [-0.4, -0.2) is 66.3 Å². The number of carboxylic acid groups (broad SMARTS) is 1. The van der Waals surface area contributed by atoms with E-state index in [9.17, 15) is 9.59 Å². The lowest BCUT2D eigenvalue weighted by atomic mass is 10.3. The first kappa shape index (κ1) is 15.7. The van der Waals surface area contributed by atoms with Crippen LogP contribution in [0.3, 0.4) is 0 Å². The summed E-state index contributed by atoms with van der Waals surface area (Å²) in [6.45, 7) is 4.58. The molecule has 1 aliphatic rings. The van der Waals surface area contributed by atoms with Crippen LogP contribution in [-0.2, 0) is 14.3 Å². The molecule has 7 nitrogen and oxygen atoms in total. The predicted octanol–water partition coefficient (Wildman–Crippen LogP) is 0.591. The van der Waals surface area contributed by atoms with Crippen molar-refractivity contribution in [3.63, 3.8) is 0 Å². The van der Waals surface area contributed by atoms with Gasteiger partial charge in [0.05, 0.1) is 31.9 Å². The Balaban J connectivity index is 2.00. The third-order valence-corrected chi connectivity index (χ3v) is 4.18. The molecular formula is C13H19N3O4S. The van der Waals surface area contributed by atoms with Gasteiger partial charge in [0, 0.05) is 25.0 Å². The molecule has 1 amide bonds. The molecule has 1 fully saturated rings. The van der Waals surface area contributed by atoms with E-state index in [0.717, 1.165) is 5.69 Å². The van der Waals surface area contributed by atoms with Crippen molar-refractivity contribution in [2.45, 2.75) is 13.3 Å². The average molecular weight is 313 g/mol. The number of carbonyl (C=O) groups excluding carboxylic acids is 1. The van der Waals surface area contributed by atoms with Crippen molar-refractivity contribution in [2.24, 2.45) is 0 Å². The number of rotatable bonds is 6. The Morgan fingerprint density at radius 1 is 1.48 bits per heavy atom. The zero-order chi connectivity index (χ0) is 15.2. The zero-order valence-corrected chi connectivity index (χ0v) is 12.8. The van der Waals surface area contributed by atoms with Crippen LogP contribution in [0, 0.1) is 6.92 Å². The number of aliphatic carboxylic acids is 1. The Bertz CT molecular complexity index is 499. The summed E-state index contributed by atoms with van der Waals surface area (Å²) >= 11 is 1.42. The van der Waals surface area contributed by atoms with Gasteiger partial charge in [-0.2, -0.15) is 0 Å². The molecule has 21 heavy (non-hydrogen) atoms. The number of thiazole rings is 1. The number of hydrogen-bond acceptors (Lipinski definition) is 6. The molecule has 0 unspecified atom stereocenters. The largest absolute Gasteiger partial charge is 0.481 e. The number of amides is 1. The highest BCUT2D eigenvalue weighted by Gasteiger charge is 2.21. The number of aryl methyl sites for hydroxylation is 1.